The second-order valence-corrected chi connectivity index (χ2v) is 7.41. The normalized spacial score (nSPS) is 14.7. The van der Waals surface area contributed by atoms with Crippen LogP contribution in [-0.4, -0.2) is 59.4 Å². The van der Waals surface area contributed by atoms with Crippen molar-refractivity contribution in [2.45, 2.75) is 19.8 Å². The first-order valence-corrected chi connectivity index (χ1v) is 9.92. The second-order valence-electron chi connectivity index (χ2n) is 7.41. The molecule has 158 valence electrons. The lowest BCUT2D eigenvalue weighted by Crippen LogP contribution is -2.44. The molecule has 0 bridgehead atoms. The summed E-state index contributed by atoms with van der Waals surface area (Å²) in [5, 5.41) is 6.31. The number of rotatable bonds is 6. The molecule has 1 fully saturated rings. The van der Waals surface area contributed by atoms with Crippen LogP contribution in [0.1, 0.15) is 24.2 Å². The van der Waals surface area contributed by atoms with Crippen molar-refractivity contribution in [1.82, 2.24) is 15.0 Å². The van der Waals surface area contributed by atoms with Gasteiger partial charge >= 0.3 is 0 Å². The van der Waals surface area contributed by atoms with Crippen molar-refractivity contribution in [3.8, 4) is 0 Å². The van der Waals surface area contributed by atoms with Gasteiger partial charge in [0, 0.05) is 38.2 Å². The number of hydrogen-bond donors (Lipinski definition) is 1. The van der Waals surface area contributed by atoms with Gasteiger partial charge in [0.25, 0.3) is 0 Å². The van der Waals surface area contributed by atoms with Gasteiger partial charge in [0.15, 0.2) is 5.82 Å². The highest BCUT2D eigenvalue weighted by Crippen LogP contribution is 2.20. The standard InChI is InChI=1S/C22H26N4O4/c1-16-14-19(24-30-16)23-20(27)15-25(2)22(29)18-10-12-26(13-11-18)21(28)9-8-17-6-4-3-5-7-17/h3-9,14,18H,10-13,15H2,1-2H3,(H,23,24,27)/b9-8+. The van der Waals surface area contributed by atoms with Gasteiger partial charge in [-0.3, -0.25) is 14.4 Å². The zero-order valence-electron chi connectivity index (χ0n) is 17.2. The van der Waals surface area contributed by atoms with Gasteiger partial charge in [0.2, 0.25) is 17.7 Å². The molecule has 2 aromatic rings. The molecule has 2 heterocycles. The smallest absolute Gasteiger partial charge is 0.246 e. The average molecular weight is 410 g/mol. The lowest BCUT2D eigenvalue weighted by atomic mass is 9.95. The number of likely N-dealkylation sites (N-methyl/N-ethyl adjacent to an activating group) is 1. The largest absolute Gasteiger partial charge is 0.360 e. The Morgan fingerprint density at radius 2 is 1.93 bits per heavy atom. The number of nitrogens with one attached hydrogen (secondary N) is 1. The van der Waals surface area contributed by atoms with Crippen LogP contribution in [0.3, 0.4) is 0 Å². The summed E-state index contributed by atoms with van der Waals surface area (Å²) in [7, 11) is 1.61. The van der Waals surface area contributed by atoms with Crippen LogP contribution < -0.4 is 5.32 Å². The van der Waals surface area contributed by atoms with Crippen LogP contribution in [0.2, 0.25) is 0 Å². The Balaban J connectivity index is 1.44. The van der Waals surface area contributed by atoms with Crippen molar-refractivity contribution in [1.29, 1.82) is 0 Å². The fourth-order valence-corrected chi connectivity index (χ4v) is 3.40. The minimum atomic E-state index is -0.335. The SMILES string of the molecule is Cc1cc(NC(=O)CN(C)C(=O)C2CCN(C(=O)/C=C/c3ccccc3)CC2)no1. The fourth-order valence-electron chi connectivity index (χ4n) is 3.40. The van der Waals surface area contributed by atoms with Crippen molar-refractivity contribution >= 4 is 29.6 Å². The number of anilines is 1. The third kappa shape index (κ3) is 5.79. The molecule has 1 aromatic carbocycles. The van der Waals surface area contributed by atoms with E-state index >= 15 is 0 Å². The summed E-state index contributed by atoms with van der Waals surface area (Å²) in [5.74, 6) is 0.245. The van der Waals surface area contributed by atoms with E-state index in [1.807, 2.05) is 30.3 Å². The molecule has 0 spiro atoms. The van der Waals surface area contributed by atoms with Crippen LogP contribution in [0.4, 0.5) is 5.82 Å². The summed E-state index contributed by atoms with van der Waals surface area (Å²) < 4.78 is 4.90. The molecule has 30 heavy (non-hydrogen) atoms. The molecule has 0 atom stereocenters. The Hall–Kier alpha value is -3.42. The van der Waals surface area contributed by atoms with Crippen molar-refractivity contribution in [3.63, 3.8) is 0 Å². The molecular formula is C22H26N4O4. The number of hydrogen-bond acceptors (Lipinski definition) is 5. The highest BCUT2D eigenvalue weighted by Gasteiger charge is 2.29. The average Bonchev–Trinajstić information content (AvgIpc) is 3.16. The Labute approximate surface area is 175 Å². The molecule has 1 aliphatic heterocycles. The molecule has 8 nitrogen and oxygen atoms in total. The van der Waals surface area contributed by atoms with Crippen molar-refractivity contribution in [2.24, 2.45) is 5.92 Å². The molecule has 1 aromatic heterocycles. The van der Waals surface area contributed by atoms with Gasteiger partial charge in [-0.05, 0) is 31.4 Å². The Kier molecular flexibility index (Phi) is 7.00. The van der Waals surface area contributed by atoms with Crippen LogP contribution in [0.25, 0.3) is 6.08 Å². The molecule has 3 rings (SSSR count). The first kappa shape index (κ1) is 21.3. The zero-order valence-corrected chi connectivity index (χ0v) is 17.2. The minimum Gasteiger partial charge on any atom is -0.360 e. The van der Waals surface area contributed by atoms with Gasteiger partial charge in [-0.25, -0.2) is 0 Å². The van der Waals surface area contributed by atoms with E-state index in [9.17, 15) is 14.4 Å². The van der Waals surface area contributed by atoms with E-state index < -0.39 is 0 Å². The molecule has 1 saturated heterocycles. The summed E-state index contributed by atoms with van der Waals surface area (Å²) in [6, 6.07) is 11.3. The van der Waals surface area contributed by atoms with Crippen LogP contribution >= 0.6 is 0 Å². The molecule has 1 N–H and O–H groups in total. The van der Waals surface area contributed by atoms with Gasteiger partial charge < -0.3 is 19.6 Å². The van der Waals surface area contributed by atoms with Crippen LogP contribution in [0.15, 0.2) is 47.0 Å². The molecule has 8 heteroatoms. The van der Waals surface area contributed by atoms with E-state index in [0.29, 0.717) is 37.5 Å². The quantitative estimate of drug-likeness (QED) is 0.738. The lowest BCUT2D eigenvalue weighted by molar-refractivity contribution is -0.140. The predicted octanol–water partition coefficient (Wildman–Crippen LogP) is 2.33. The molecule has 3 amide bonds. The van der Waals surface area contributed by atoms with Crippen molar-refractivity contribution < 1.29 is 18.9 Å². The Morgan fingerprint density at radius 1 is 1.23 bits per heavy atom. The van der Waals surface area contributed by atoms with Gasteiger partial charge in [0.1, 0.15) is 5.76 Å². The number of nitrogens with zero attached hydrogens (tertiary/aromatic N) is 3. The second kappa shape index (κ2) is 9.87. The summed E-state index contributed by atoms with van der Waals surface area (Å²) in [6.45, 7) is 2.70. The van der Waals surface area contributed by atoms with Gasteiger partial charge in [-0.2, -0.15) is 0 Å². The van der Waals surface area contributed by atoms with E-state index in [-0.39, 0.29) is 30.2 Å². The topological polar surface area (TPSA) is 95.8 Å². The summed E-state index contributed by atoms with van der Waals surface area (Å²) >= 11 is 0. The minimum absolute atomic E-state index is 0.0552. The number of carbonyl (C=O) groups is 3. The first-order valence-electron chi connectivity index (χ1n) is 9.92. The van der Waals surface area contributed by atoms with Gasteiger partial charge in [-0.1, -0.05) is 35.5 Å². The fraction of sp³-hybridized carbons (Fsp3) is 0.364. The summed E-state index contributed by atoms with van der Waals surface area (Å²) in [6.07, 6.45) is 4.53. The number of likely N-dealkylation sites (tertiary alicyclic amines) is 1. The van der Waals surface area contributed by atoms with Gasteiger partial charge in [0.05, 0.1) is 6.54 Å². The highest BCUT2D eigenvalue weighted by molar-refractivity contribution is 5.94. The maximum absolute atomic E-state index is 12.7. The number of aryl methyl sites for hydroxylation is 1. The molecular weight excluding hydrogens is 384 g/mol. The molecule has 0 aliphatic carbocycles. The maximum atomic E-state index is 12.7. The third-order valence-electron chi connectivity index (χ3n) is 5.03. The molecule has 0 saturated carbocycles. The van der Waals surface area contributed by atoms with E-state index in [1.54, 1.807) is 37.1 Å². The van der Waals surface area contributed by atoms with E-state index in [0.717, 1.165) is 5.56 Å². The van der Waals surface area contributed by atoms with Crippen LogP contribution in [0.5, 0.6) is 0 Å². The highest BCUT2D eigenvalue weighted by atomic mass is 16.5. The third-order valence-corrected chi connectivity index (χ3v) is 5.03. The monoisotopic (exact) mass is 410 g/mol. The molecule has 1 aliphatic rings. The number of aromatic nitrogens is 1. The lowest BCUT2D eigenvalue weighted by Gasteiger charge is -2.32. The zero-order chi connectivity index (χ0) is 21.5. The van der Waals surface area contributed by atoms with E-state index in [2.05, 4.69) is 10.5 Å². The predicted molar refractivity (Wildman–Crippen MR) is 112 cm³/mol. The number of amides is 3. The van der Waals surface area contributed by atoms with E-state index in [1.165, 1.54) is 4.90 Å². The van der Waals surface area contributed by atoms with Gasteiger partial charge in [-0.15, -0.1) is 0 Å². The van der Waals surface area contributed by atoms with Crippen LogP contribution in [0, 0.1) is 12.8 Å². The number of benzene rings is 1. The maximum Gasteiger partial charge on any atom is 0.246 e. The number of piperidine rings is 1. The number of carbonyl (C=O) groups excluding carboxylic acids is 3. The Bertz CT molecular complexity index is 914. The molecule has 0 radical (unpaired) electrons. The van der Waals surface area contributed by atoms with Crippen molar-refractivity contribution in [2.75, 3.05) is 32.0 Å². The summed E-state index contributed by atoms with van der Waals surface area (Å²) in [5.41, 5.74) is 0.969. The summed E-state index contributed by atoms with van der Waals surface area (Å²) in [4.78, 5) is 40.3. The van der Waals surface area contributed by atoms with Crippen molar-refractivity contribution in [3.05, 3.63) is 53.8 Å². The first-order chi connectivity index (χ1) is 14.4. The van der Waals surface area contributed by atoms with Crippen LogP contribution in [-0.2, 0) is 14.4 Å². The van der Waals surface area contributed by atoms with E-state index in [4.69, 9.17) is 4.52 Å². The Morgan fingerprint density at radius 3 is 2.57 bits per heavy atom. The molecule has 0 unspecified atom stereocenters.